The van der Waals surface area contributed by atoms with Crippen LogP contribution in [0.15, 0.2) is 48.9 Å². The number of hydrogen-bond donors (Lipinski definition) is 3. The van der Waals surface area contributed by atoms with E-state index in [9.17, 15) is 5.11 Å². The van der Waals surface area contributed by atoms with E-state index in [0.717, 1.165) is 30.5 Å². The van der Waals surface area contributed by atoms with Crippen molar-refractivity contribution in [3.63, 3.8) is 0 Å². The van der Waals surface area contributed by atoms with Gasteiger partial charge in [0.1, 0.15) is 11.6 Å². The molecule has 8 nitrogen and oxygen atoms in total. The predicted molar refractivity (Wildman–Crippen MR) is 148 cm³/mol. The van der Waals surface area contributed by atoms with Crippen LogP contribution in [0, 0.1) is 17.6 Å². The van der Waals surface area contributed by atoms with Crippen LogP contribution in [0.25, 0.3) is 16.8 Å². The molecule has 0 amide bonds. The lowest BCUT2D eigenvalue weighted by Crippen LogP contribution is -2.54. The average molecular weight is 549 g/mol. The third kappa shape index (κ3) is 4.84. The van der Waals surface area contributed by atoms with E-state index in [1.54, 1.807) is 37.6 Å². The Balaban J connectivity index is 1.31. The summed E-state index contributed by atoms with van der Waals surface area (Å²) >= 11 is 0. The van der Waals surface area contributed by atoms with E-state index in [0.29, 0.717) is 36.7 Å². The fourth-order valence-corrected chi connectivity index (χ4v) is 6.12. The zero-order valence-corrected chi connectivity index (χ0v) is 22.6. The molecule has 4 aromatic rings. The predicted octanol–water partition coefficient (Wildman–Crippen LogP) is 5.30. The molecule has 4 atom stereocenters. The SMILES string of the molecule is CC1CC(c2ccncc2Nc2ncc3ccc(-c4c(F)cc(C5CCOCC5)cc4F)nn23)CC(N)C1(C)O. The molecule has 10 heteroatoms. The number of rotatable bonds is 5. The van der Waals surface area contributed by atoms with Crippen LogP contribution >= 0.6 is 0 Å². The van der Waals surface area contributed by atoms with Gasteiger partial charge in [-0.15, -0.1) is 0 Å². The molecular formula is C30H34F2N6O2. The van der Waals surface area contributed by atoms with Gasteiger partial charge < -0.3 is 20.9 Å². The fourth-order valence-electron chi connectivity index (χ4n) is 6.12. The summed E-state index contributed by atoms with van der Waals surface area (Å²) in [7, 11) is 0. The van der Waals surface area contributed by atoms with Crippen molar-refractivity contribution in [2.45, 2.75) is 63.0 Å². The molecule has 1 aliphatic carbocycles. The summed E-state index contributed by atoms with van der Waals surface area (Å²) in [6.45, 7) is 5.00. The molecule has 210 valence electrons. The Morgan fingerprint density at radius 3 is 2.55 bits per heavy atom. The maximum absolute atomic E-state index is 15.3. The standard InChI is InChI=1S/C30H34F2N6O2/c1-17-11-20(14-27(33)30(17,2)39)22-5-8-34-16-26(22)36-29-35-15-21-3-4-25(37-38(21)29)28-23(31)12-19(13-24(28)32)18-6-9-40-10-7-18/h3-5,8,12-13,15-18,20,27,39H,6-7,9-11,14,33H2,1-2H3,(H,35,36). The second-order valence-electron chi connectivity index (χ2n) is 11.4. The number of hydrogen-bond acceptors (Lipinski definition) is 7. The number of aliphatic hydroxyl groups is 1. The van der Waals surface area contributed by atoms with Gasteiger partial charge >= 0.3 is 0 Å². The number of fused-ring (bicyclic) bond motifs is 1. The summed E-state index contributed by atoms with van der Waals surface area (Å²) in [6.07, 6.45) is 7.99. The third-order valence-corrected chi connectivity index (χ3v) is 8.86. The van der Waals surface area contributed by atoms with E-state index in [4.69, 9.17) is 10.5 Å². The Bertz CT molecular complexity index is 1500. The van der Waals surface area contributed by atoms with Crippen molar-refractivity contribution in [1.82, 2.24) is 19.6 Å². The number of nitrogens with one attached hydrogen (secondary N) is 1. The number of ether oxygens (including phenoxy) is 1. The van der Waals surface area contributed by atoms with Crippen molar-refractivity contribution in [3.8, 4) is 11.3 Å². The maximum atomic E-state index is 15.3. The van der Waals surface area contributed by atoms with Crippen molar-refractivity contribution in [2.24, 2.45) is 11.7 Å². The second kappa shape index (κ2) is 10.5. The van der Waals surface area contributed by atoms with Crippen LogP contribution in [-0.4, -0.2) is 49.5 Å². The third-order valence-electron chi connectivity index (χ3n) is 8.86. The summed E-state index contributed by atoms with van der Waals surface area (Å²) in [5.41, 5.74) is 8.51. The second-order valence-corrected chi connectivity index (χ2v) is 11.4. The number of aromatic nitrogens is 4. The molecule has 3 aromatic heterocycles. The van der Waals surface area contributed by atoms with Gasteiger partial charge in [0.25, 0.3) is 0 Å². The van der Waals surface area contributed by atoms with Gasteiger partial charge in [0.05, 0.1) is 40.5 Å². The molecule has 1 aromatic carbocycles. The lowest BCUT2D eigenvalue weighted by Gasteiger charge is -2.44. The Morgan fingerprint density at radius 2 is 1.82 bits per heavy atom. The van der Waals surface area contributed by atoms with Gasteiger partial charge in [-0.2, -0.15) is 9.61 Å². The smallest absolute Gasteiger partial charge is 0.229 e. The van der Waals surface area contributed by atoms with E-state index in [1.807, 2.05) is 13.0 Å². The van der Waals surface area contributed by atoms with E-state index in [-0.39, 0.29) is 35.1 Å². The number of pyridine rings is 1. The molecule has 2 fully saturated rings. The molecule has 6 rings (SSSR count). The quantitative estimate of drug-likeness (QED) is 0.310. The van der Waals surface area contributed by atoms with E-state index in [2.05, 4.69) is 20.4 Å². The first kappa shape index (κ1) is 26.7. The van der Waals surface area contributed by atoms with Crippen LogP contribution in [-0.2, 0) is 4.74 Å². The normalized spacial score (nSPS) is 25.8. The highest BCUT2D eigenvalue weighted by atomic mass is 19.1. The molecule has 0 bridgehead atoms. The van der Waals surface area contributed by atoms with Gasteiger partial charge in [0, 0.05) is 25.5 Å². The number of imidazole rings is 1. The molecule has 2 aliphatic rings. The zero-order valence-electron chi connectivity index (χ0n) is 22.6. The monoisotopic (exact) mass is 548 g/mol. The van der Waals surface area contributed by atoms with Gasteiger partial charge in [0.15, 0.2) is 0 Å². The van der Waals surface area contributed by atoms with Crippen LogP contribution in [0.1, 0.15) is 62.5 Å². The van der Waals surface area contributed by atoms with Crippen molar-refractivity contribution in [3.05, 3.63) is 71.7 Å². The molecule has 4 heterocycles. The van der Waals surface area contributed by atoms with Crippen molar-refractivity contribution < 1.29 is 18.6 Å². The fraction of sp³-hybridized carbons (Fsp3) is 0.433. The Kier molecular flexibility index (Phi) is 7.02. The average Bonchev–Trinajstić information content (AvgIpc) is 3.34. The van der Waals surface area contributed by atoms with Crippen molar-refractivity contribution >= 4 is 17.2 Å². The van der Waals surface area contributed by atoms with Crippen LogP contribution in [0.2, 0.25) is 0 Å². The largest absolute Gasteiger partial charge is 0.388 e. The Hall–Kier alpha value is -3.47. The van der Waals surface area contributed by atoms with Gasteiger partial charge in [0.2, 0.25) is 5.95 Å². The van der Waals surface area contributed by atoms with Crippen LogP contribution in [0.4, 0.5) is 20.4 Å². The molecule has 1 aliphatic heterocycles. The molecule has 0 spiro atoms. The van der Waals surface area contributed by atoms with E-state index >= 15 is 8.78 Å². The zero-order chi connectivity index (χ0) is 28.0. The molecule has 4 N–H and O–H groups in total. The summed E-state index contributed by atoms with van der Waals surface area (Å²) in [4.78, 5) is 8.78. The molecular weight excluding hydrogens is 514 g/mol. The van der Waals surface area contributed by atoms with Crippen molar-refractivity contribution in [2.75, 3.05) is 18.5 Å². The highest BCUT2D eigenvalue weighted by Gasteiger charge is 2.42. The van der Waals surface area contributed by atoms with E-state index in [1.165, 1.54) is 16.6 Å². The van der Waals surface area contributed by atoms with Gasteiger partial charge in [-0.25, -0.2) is 13.8 Å². The first-order valence-corrected chi connectivity index (χ1v) is 13.8. The molecule has 1 saturated heterocycles. The number of anilines is 2. The number of benzene rings is 1. The lowest BCUT2D eigenvalue weighted by molar-refractivity contribution is -0.0463. The van der Waals surface area contributed by atoms with Crippen LogP contribution in [0.5, 0.6) is 0 Å². The molecule has 1 saturated carbocycles. The summed E-state index contributed by atoms with van der Waals surface area (Å²) in [5, 5.41) is 18.7. The van der Waals surface area contributed by atoms with Gasteiger partial charge in [-0.3, -0.25) is 4.98 Å². The minimum absolute atomic E-state index is 0.0152. The first-order valence-electron chi connectivity index (χ1n) is 13.8. The summed E-state index contributed by atoms with van der Waals surface area (Å²) in [5.74, 6) is -0.685. The first-order chi connectivity index (χ1) is 19.2. The minimum Gasteiger partial charge on any atom is -0.388 e. The minimum atomic E-state index is -0.926. The number of halogens is 2. The van der Waals surface area contributed by atoms with Crippen molar-refractivity contribution in [1.29, 1.82) is 0 Å². The van der Waals surface area contributed by atoms with Crippen LogP contribution < -0.4 is 11.1 Å². The number of nitrogens with two attached hydrogens (primary N) is 1. The Labute approximate surface area is 231 Å². The molecule has 0 radical (unpaired) electrons. The van der Waals surface area contributed by atoms with Gasteiger partial charge in [-0.1, -0.05) is 6.92 Å². The Morgan fingerprint density at radius 1 is 1.07 bits per heavy atom. The topological polar surface area (TPSA) is 111 Å². The van der Waals surface area contributed by atoms with E-state index < -0.39 is 17.2 Å². The molecule has 40 heavy (non-hydrogen) atoms. The van der Waals surface area contributed by atoms with Crippen LogP contribution in [0.3, 0.4) is 0 Å². The number of nitrogens with zero attached hydrogens (tertiary/aromatic N) is 4. The highest BCUT2D eigenvalue weighted by molar-refractivity contribution is 5.66. The highest BCUT2D eigenvalue weighted by Crippen LogP contribution is 2.43. The summed E-state index contributed by atoms with van der Waals surface area (Å²) in [6, 6.07) is 7.76. The van der Waals surface area contributed by atoms with Gasteiger partial charge in [-0.05, 0) is 91.8 Å². The maximum Gasteiger partial charge on any atom is 0.229 e. The summed E-state index contributed by atoms with van der Waals surface area (Å²) < 4.78 is 37.6. The lowest BCUT2D eigenvalue weighted by atomic mass is 9.68. The molecule has 4 unspecified atom stereocenters.